The number of H-pyrrole nitrogens is 2. The minimum atomic E-state index is -0.427. The molecule has 5 aromatic heterocycles. The van der Waals surface area contributed by atoms with Gasteiger partial charge in [0.2, 0.25) is 5.91 Å². The molecule has 1 aliphatic carbocycles. The Morgan fingerprint density at radius 1 is 1.16 bits per heavy atom. The summed E-state index contributed by atoms with van der Waals surface area (Å²) >= 11 is 0. The predicted molar refractivity (Wildman–Crippen MR) is 140 cm³/mol. The van der Waals surface area contributed by atoms with Crippen LogP contribution < -0.4 is 5.32 Å². The Morgan fingerprint density at radius 3 is 2.84 bits per heavy atom. The maximum Gasteiger partial charge on any atom is 0.227 e. The number of rotatable bonds is 5. The van der Waals surface area contributed by atoms with Gasteiger partial charge in [0, 0.05) is 47.1 Å². The molecule has 3 N–H and O–H groups in total. The summed E-state index contributed by atoms with van der Waals surface area (Å²) in [6, 6.07) is 6.71. The summed E-state index contributed by atoms with van der Waals surface area (Å²) in [4.78, 5) is 33.5. The third-order valence-corrected chi connectivity index (χ3v) is 7.01. The van der Waals surface area contributed by atoms with E-state index >= 15 is 4.39 Å². The topological polar surface area (TPSA) is 130 Å². The molecule has 5 heterocycles. The van der Waals surface area contributed by atoms with Crippen molar-refractivity contribution in [1.29, 1.82) is 0 Å². The van der Waals surface area contributed by atoms with Gasteiger partial charge in [0.15, 0.2) is 11.6 Å². The Hall–Kier alpha value is -4.93. The number of benzene rings is 1. The van der Waals surface area contributed by atoms with Crippen LogP contribution in [0.1, 0.15) is 25.0 Å². The number of hydrogen-bond donors (Lipinski definition) is 3. The molecule has 0 spiro atoms. The second kappa shape index (κ2) is 8.58. The summed E-state index contributed by atoms with van der Waals surface area (Å²) in [7, 11) is 0. The van der Waals surface area contributed by atoms with E-state index in [1.807, 2.05) is 23.8 Å². The number of aromatic amines is 2. The summed E-state index contributed by atoms with van der Waals surface area (Å²) in [5, 5.41) is 10.9. The molecule has 0 bridgehead atoms. The molecule has 0 atom stereocenters. The van der Waals surface area contributed by atoms with Crippen LogP contribution in [0.15, 0.2) is 55.4 Å². The minimum Gasteiger partial charge on any atom is -0.336 e. The first kappa shape index (κ1) is 22.3. The Balaban J connectivity index is 1.29. The van der Waals surface area contributed by atoms with Crippen molar-refractivity contribution in [3.05, 3.63) is 66.9 Å². The van der Waals surface area contributed by atoms with Crippen molar-refractivity contribution < 1.29 is 9.18 Å². The monoisotopic (exact) mass is 507 g/mol. The third kappa shape index (κ3) is 3.71. The van der Waals surface area contributed by atoms with Crippen LogP contribution >= 0.6 is 0 Å². The molecule has 7 rings (SSSR count). The molecule has 10 nitrogen and oxygen atoms in total. The van der Waals surface area contributed by atoms with Crippen LogP contribution in [0.2, 0.25) is 0 Å². The van der Waals surface area contributed by atoms with Gasteiger partial charge < -0.3 is 10.3 Å². The zero-order valence-electron chi connectivity index (χ0n) is 20.4. The number of anilines is 1. The Labute approximate surface area is 215 Å². The summed E-state index contributed by atoms with van der Waals surface area (Å²) in [5.74, 6) is 0.757. The van der Waals surface area contributed by atoms with Crippen LogP contribution in [0.4, 0.5) is 10.1 Å². The van der Waals surface area contributed by atoms with E-state index in [1.165, 1.54) is 6.07 Å². The van der Waals surface area contributed by atoms with Gasteiger partial charge in [-0.25, -0.2) is 19.3 Å². The number of fused-ring (bicyclic) bond motifs is 2. The molecule has 1 aliphatic rings. The number of amides is 1. The first-order valence-electron chi connectivity index (χ1n) is 12.3. The number of nitrogens with one attached hydrogen (secondary N) is 3. The fraction of sp³-hybridized carbons (Fsp3) is 0.185. The van der Waals surface area contributed by atoms with Gasteiger partial charge in [0.25, 0.3) is 0 Å². The van der Waals surface area contributed by atoms with Gasteiger partial charge in [-0.3, -0.25) is 19.4 Å². The van der Waals surface area contributed by atoms with Crippen LogP contribution in [0.5, 0.6) is 0 Å². The average Bonchev–Trinajstić information content (AvgIpc) is 3.59. The van der Waals surface area contributed by atoms with Gasteiger partial charge in [-0.15, -0.1) is 0 Å². The van der Waals surface area contributed by atoms with E-state index in [1.54, 1.807) is 37.1 Å². The molecule has 1 amide bonds. The first-order chi connectivity index (χ1) is 18.5. The molecule has 188 valence electrons. The number of carbonyl (C=O) groups excluding carboxylic acids is 1. The molecule has 6 aromatic rings. The van der Waals surface area contributed by atoms with Gasteiger partial charge in [-0.05, 0) is 38.0 Å². The van der Waals surface area contributed by atoms with Gasteiger partial charge >= 0.3 is 0 Å². The van der Waals surface area contributed by atoms with Crippen molar-refractivity contribution in [2.75, 3.05) is 5.32 Å². The van der Waals surface area contributed by atoms with Crippen molar-refractivity contribution in [2.24, 2.45) is 5.92 Å². The van der Waals surface area contributed by atoms with E-state index in [4.69, 9.17) is 4.98 Å². The SMILES string of the molecule is Cc1cn(-c2nccc3[nH]c(-c4n[nH]c5cc(F)c(-c6cncc(NC(=O)C7CCC7)c6)cc45)nc23)cn1. The standard InChI is InChI=1S/C27H22FN9O/c1-14-12-37(13-31-14)26-24-21(5-6-30-26)33-25(34-24)23-19-8-18(20(28)9-22(19)35-36-23)16-7-17(11-29-10-16)32-27(38)15-3-2-4-15/h5-13,15H,2-4H2,1H3,(H,32,38)(H,33,34)(H,35,36). The molecule has 1 saturated carbocycles. The fourth-order valence-electron chi connectivity index (χ4n) is 4.77. The lowest BCUT2D eigenvalue weighted by molar-refractivity contribution is -0.122. The number of hydrogen-bond acceptors (Lipinski definition) is 6. The molecule has 0 saturated heterocycles. The highest BCUT2D eigenvalue weighted by molar-refractivity contribution is 5.97. The highest BCUT2D eigenvalue weighted by atomic mass is 19.1. The summed E-state index contributed by atoms with van der Waals surface area (Å²) in [6.07, 6.45) is 11.3. The molecule has 1 aromatic carbocycles. The molecular formula is C27H22FN9O. The van der Waals surface area contributed by atoms with Crippen LogP contribution in [0, 0.1) is 18.7 Å². The summed E-state index contributed by atoms with van der Waals surface area (Å²) in [5.41, 5.74) is 4.84. The quantitative estimate of drug-likeness (QED) is 0.303. The smallest absolute Gasteiger partial charge is 0.227 e. The van der Waals surface area contributed by atoms with Crippen LogP contribution in [-0.2, 0) is 4.79 Å². The lowest BCUT2D eigenvalue weighted by atomic mass is 9.85. The number of aromatic nitrogens is 8. The van der Waals surface area contributed by atoms with Crippen molar-refractivity contribution in [3.63, 3.8) is 0 Å². The van der Waals surface area contributed by atoms with Gasteiger partial charge in [0.05, 0.1) is 28.6 Å². The number of nitrogens with zero attached hydrogens (tertiary/aromatic N) is 6. The number of aryl methyl sites for hydroxylation is 1. The lowest BCUT2D eigenvalue weighted by Crippen LogP contribution is -2.28. The van der Waals surface area contributed by atoms with E-state index < -0.39 is 5.82 Å². The van der Waals surface area contributed by atoms with E-state index in [0.717, 1.165) is 30.5 Å². The second-order valence-electron chi connectivity index (χ2n) is 9.57. The molecule has 0 radical (unpaired) electrons. The lowest BCUT2D eigenvalue weighted by Gasteiger charge is -2.24. The van der Waals surface area contributed by atoms with E-state index in [9.17, 15) is 4.79 Å². The number of halogens is 1. The first-order valence-corrected chi connectivity index (χ1v) is 12.3. The molecular weight excluding hydrogens is 485 g/mol. The zero-order chi connectivity index (χ0) is 25.8. The van der Waals surface area contributed by atoms with Crippen molar-refractivity contribution in [3.8, 4) is 28.5 Å². The van der Waals surface area contributed by atoms with Crippen LogP contribution in [0.3, 0.4) is 0 Å². The van der Waals surface area contributed by atoms with Crippen molar-refractivity contribution in [1.82, 2.24) is 39.7 Å². The minimum absolute atomic E-state index is 0.0205. The van der Waals surface area contributed by atoms with E-state index in [0.29, 0.717) is 50.6 Å². The Morgan fingerprint density at radius 2 is 2.05 bits per heavy atom. The molecule has 11 heteroatoms. The largest absolute Gasteiger partial charge is 0.336 e. The van der Waals surface area contributed by atoms with Crippen LogP contribution in [0.25, 0.3) is 50.4 Å². The average molecular weight is 508 g/mol. The predicted octanol–water partition coefficient (Wildman–Crippen LogP) is 4.94. The number of carbonyl (C=O) groups is 1. The van der Waals surface area contributed by atoms with Crippen molar-refractivity contribution in [2.45, 2.75) is 26.2 Å². The maximum atomic E-state index is 15.2. The fourth-order valence-corrected chi connectivity index (χ4v) is 4.77. The van der Waals surface area contributed by atoms with E-state index in [2.05, 4.69) is 35.5 Å². The van der Waals surface area contributed by atoms with Gasteiger partial charge in [0.1, 0.15) is 23.4 Å². The third-order valence-electron chi connectivity index (χ3n) is 7.01. The maximum absolute atomic E-state index is 15.2. The highest BCUT2D eigenvalue weighted by Gasteiger charge is 2.25. The van der Waals surface area contributed by atoms with Gasteiger partial charge in [-0.2, -0.15) is 5.10 Å². The number of pyridine rings is 2. The van der Waals surface area contributed by atoms with Gasteiger partial charge in [-0.1, -0.05) is 6.42 Å². The number of imidazole rings is 2. The highest BCUT2D eigenvalue weighted by Crippen LogP contribution is 2.34. The molecule has 0 aliphatic heterocycles. The molecule has 38 heavy (non-hydrogen) atoms. The zero-order valence-corrected chi connectivity index (χ0v) is 20.4. The summed E-state index contributed by atoms with van der Waals surface area (Å²) in [6.45, 7) is 1.91. The molecule has 0 unspecified atom stereocenters. The Kier molecular flexibility index (Phi) is 5.03. The van der Waals surface area contributed by atoms with E-state index in [-0.39, 0.29) is 11.8 Å². The van der Waals surface area contributed by atoms with Crippen LogP contribution in [-0.4, -0.2) is 45.6 Å². The normalized spacial score (nSPS) is 13.7. The van der Waals surface area contributed by atoms with Crippen molar-refractivity contribution >= 4 is 33.5 Å². The Bertz CT molecular complexity index is 1850. The second-order valence-corrected chi connectivity index (χ2v) is 9.57. The molecule has 1 fully saturated rings. The summed E-state index contributed by atoms with van der Waals surface area (Å²) < 4.78 is 17.0.